The highest BCUT2D eigenvalue weighted by Crippen LogP contribution is 2.19. The largest absolute Gasteiger partial charge is 0.322 e. The van der Waals surface area contributed by atoms with Crippen LogP contribution >= 0.6 is 15.9 Å². The van der Waals surface area contributed by atoms with Crippen molar-refractivity contribution in [1.82, 2.24) is 0 Å². The maximum atomic E-state index is 12.9. The van der Waals surface area contributed by atoms with E-state index in [-0.39, 0.29) is 5.56 Å². The van der Waals surface area contributed by atoms with E-state index in [1.54, 1.807) is 6.07 Å². The number of halogens is 3. The summed E-state index contributed by atoms with van der Waals surface area (Å²) in [5.74, 6) is -1.32. The molecule has 0 heterocycles. The van der Waals surface area contributed by atoms with E-state index in [1.165, 1.54) is 36.4 Å². The SMILES string of the molecule is O=C(Nc1cccc(F)c1)c1ccc(F)cc1Br. The monoisotopic (exact) mass is 311 g/mol. The first-order valence-electron chi connectivity index (χ1n) is 5.08. The van der Waals surface area contributed by atoms with E-state index in [0.29, 0.717) is 10.2 Å². The lowest BCUT2D eigenvalue weighted by atomic mass is 10.2. The summed E-state index contributed by atoms with van der Waals surface area (Å²) in [4.78, 5) is 11.9. The zero-order valence-electron chi connectivity index (χ0n) is 9.08. The van der Waals surface area contributed by atoms with E-state index in [9.17, 15) is 13.6 Å². The minimum Gasteiger partial charge on any atom is -0.322 e. The van der Waals surface area contributed by atoms with Gasteiger partial charge in [-0.25, -0.2) is 8.78 Å². The number of anilines is 1. The van der Waals surface area contributed by atoms with Crippen LogP contribution in [0, 0.1) is 11.6 Å². The molecule has 0 unspecified atom stereocenters. The number of nitrogens with one attached hydrogen (secondary N) is 1. The molecule has 0 saturated heterocycles. The van der Waals surface area contributed by atoms with Crippen LogP contribution in [0.15, 0.2) is 46.9 Å². The molecule has 0 aliphatic rings. The van der Waals surface area contributed by atoms with Crippen LogP contribution in [-0.4, -0.2) is 5.91 Å². The van der Waals surface area contributed by atoms with Crippen molar-refractivity contribution < 1.29 is 13.6 Å². The van der Waals surface area contributed by atoms with Gasteiger partial charge in [0.05, 0.1) is 5.56 Å². The molecule has 0 aliphatic heterocycles. The predicted molar refractivity (Wildman–Crippen MR) is 68.5 cm³/mol. The maximum Gasteiger partial charge on any atom is 0.256 e. The molecule has 2 aromatic carbocycles. The van der Waals surface area contributed by atoms with Crippen LogP contribution in [-0.2, 0) is 0 Å². The molecule has 0 fully saturated rings. The minimum absolute atomic E-state index is 0.278. The molecule has 0 radical (unpaired) electrons. The minimum atomic E-state index is -0.441. The summed E-state index contributed by atoms with van der Waals surface area (Å²) < 4.78 is 26.2. The first-order chi connectivity index (χ1) is 8.56. The predicted octanol–water partition coefficient (Wildman–Crippen LogP) is 3.98. The zero-order valence-corrected chi connectivity index (χ0v) is 10.7. The van der Waals surface area contributed by atoms with Gasteiger partial charge in [-0.1, -0.05) is 6.07 Å². The second-order valence-corrected chi connectivity index (χ2v) is 4.44. The molecule has 0 atom stereocenters. The average molecular weight is 312 g/mol. The van der Waals surface area contributed by atoms with Crippen molar-refractivity contribution in [2.45, 2.75) is 0 Å². The van der Waals surface area contributed by atoms with Crippen LogP contribution in [0.2, 0.25) is 0 Å². The Kier molecular flexibility index (Phi) is 3.72. The third kappa shape index (κ3) is 2.92. The number of rotatable bonds is 2. The van der Waals surface area contributed by atoms with Crippen molar-refractivity contribution in [2.24, 2.45) is 0 Å². The maximum absolute atomic E-state index is 12.9. The van der Waals surface area contributed by atoms with Crippen molar-refractivity contribution in [3.63, 3.8) is 0 Å². The van der Waals surface area contributed by atoms with Gasteiger partial charge < -0.3 is 5.32 Å². The molecule has 1 amide bonds. The lowest BCUT2D eigenvalue weighted by molar-refractivity contribution is 0.102. The zero-order chi connectivity index (χ0) is 13.1. The fourth-order valence-corrected chi connectivity index (χ4v) is 1.97. The average Bonchev–Trinajstić information content (AvgIpc) is 2.28. The number of hydrogen-bond acceptors (Lipinski definition) is 1. The van der Waals surface area contributed by atoms with Crippen LogP contribution < -0.4 is 5.32 Å². The van der Waals surface area contributed by atoms with Crippen LogP contribution in [0.4, 0.5) is 14.5 Å². The van der Waals surface area contributed by atoms with Crippen LogP contribution in [0.1, 0.15) is 10.4 Å². The highest BCUT2D eigenvalue weighted by atomic mass is 79.9. The second kappa shape index (κ2) is 5.27. The van der Waals surface area contributed by atoms with Crippen molar-refractivity contribution in [2.75, 3.05) is 5.32 Å². The normalized spacial score (nSPS) is 10.2. The summed E-state index contributed by atoms with van der Waals surface area (Å²) in [5.41, 5.74) is 0.622. The number of carbonyl (C=O) groups excluding carboxylic acids is 1. The van der Waals surface area contributed by atoms with Crippen LogP contribution in [0.5, 0.6) is 0 Å². The molecule has 2 aromatic rings. The first kappa shape index (κ1) is 12.7. The van der Waals surface area contributed by atoms with Crippen molar-refractivity contribution in [3.8, 4) is 0 Å². The lowest BCUT2D eigenvalue weighted by Gasteiger charge is -2.07. The molecule has 0 aromatic heterocycles. The molecule has 0 saturated carbocycles. The smallest absolute Gasteiger partial charge is 0.256 e. The van der Waals surface area contributed by atoms with Gasteiger partial charge in [0.25, 0.3) is 5.91 Å². The molecule has 0 spiro atoms. The summed E-state index contributed by atoms with van der Waals surface area (Å²) in [6.45, 7) is 0. The van der Waals surface area contributed by atoms with E-state index in [4.69, 9.17) is 0 Å². The fourth-order valence-electron chi connectivity index (χ4n) is 1.44. The molecule has 2 rings (SSSR count). The van der Waals surface area contributed by atoms with Gasteiger partial charge in [-0.2, -0.15) is 0 Å². The molecule has 5 heteroatoms. The van der Waals surface area contributed by atoms with E-state index in [1.807, 2.05) is 0 Å². The van der Waals surface area contributed by atoms with Gasteiger partial charge in [0.2, 0.25) is 0 Å². The molecule has 2 nitrogen and oxygen atoms in total. The van der Waals surface area contributed by atoms with Crippen molar-refractivity contribution in [1.29, 1.82) is 0 Å². The Bertz CT molecular complexity index is 601. The Morgan fingerprint density at radius 1 is 1.06 bits per heavy atom. The summed E-state index contributed by atoms with van der Waals surface area (Å²) in [5, 5.41) is 2.53. The summed E-state index contributed by atoms with van der Waals surface area (Å²) in [7, 11) is 0. The third-order valence-electron chi connectivity index (χ3n) is 2.26. The standard InChI is InChI=1S/C13H8BrF2NO/c14-12-7-9(16)4-5-11(12)13(18)17-10-3-1-2-8(15)6-10/h1-7H,(H,17,18). The number of benzene rings is 2. The van der Waals surface area contributed by atoms with Crippen molar-refractivity contribution in [3.05, 3.63) is 64.1 Å². The highest BCUT2D eigenvalue weighted by Gasteiger charge is 2.11. The van der Waals surface area contributed by atoms with Crippen LogP contribution in [0.25, 0.3) is 0 Å². The summed E-state index contributed by atoms with van der Waals surface area (Å²) in [6.07, 6.45) is 0. The third-order valence-corrected chi connectivity index (χ3v) is 2.91. The van der Waals surface area contributed by atoms with E-state index < -0.39 is 17.5 Å². The van der Waals surface area contributed by atoms with Crippen molar-refractivity contribution >= 4 is 27.5 Å². The summed E-state index contributed by atoms with van der Waals surface area (Å²) >= 11 is 3.10. The van der Waals surface area contributed by atoms with Gasteiger partial charge in [-0.15, -0.1) is 0 Å². The van der Waals surface area contributed by atoms with Gasteiger partial charge in [0, 0.05) is 10.2 Å². The number of hydrogen-bond donors (Lipinski definition) is 1. The number of amides is 1. The van der Waals surface area contributed by atoms with E-state index in [0.717, 1.165) is 0 Å². The van der Waals surface area contributed by atoms with E-state index >= 15 is 0 Å². The molecule has 92 valence electrons. The Morgan fingerprint density at radius 3 is 2.44 bits per heavy atom. The Hall–Kier alpha value is -1.75. The molecular weight excluding hydrogens is 304 g/mol. The molecule has 0 bridgehead atoms. The van der Waals surface area contributed by atoms with Gasteiger partial charge in [0.1, 0.15) is 11.6 Å². The molecular formula is C13H8BrF2NO. The first-order valence-corrected chi connectivity index (χ1v) is 5.87. The topological polar surface area (TPSA) is 29.1 Å². The lowest BCUT2D eigenvalue weighted by Crippen LogP contribution is -2.12. The van der Waals surface area contributed by atoms with Gasteiger partial charge in [-0.3, -0.25) is 4.79 Å². The molecule has 18 heavy (non-hydrogen) atoms. The molecule has 0 aliphatic carbocycles. The van der Waals surface area contributed by atoms with Crippen LogP contribution in [0.3, 0.4) is 0 Å². The second-order valence-electron chi connectivity index (χ2n) is 3.59. The Balaban J connectivity index is 2.22. The number of carbonyl (C=O) groups is 1. The van der Waals surface area contributed by atoms with Gasteiger partial charge >= 0.3 is 0 Å². The molecule has 1 N–H and O–H groups in total. The summed E-state index contributed by atoms with van der Waals surface area (Å²) in [6, 6.07) is 9.28. The Labute approximate surface area is 111 Å². The van der Waals surface area contributed by atoms with Gasteiger partial charge in [0.15, 0.2) is 0 Å². The van der Waals surface area contributed by atoms with E-state index in [2.05, 4.69) is 21.2 Å². The van der Waals surface area contributed by atoms with Gasteiger partial charge in [-0.05, 0) is 52.3 Å². The quantitative estimate of drug-likeness (QED) is 0.893. The fraction of sp³-hybridized carbons (Fsp3) is 0. The highest BCUT2D eigenvalue weighted by molar-refractivity contribution is 9.10. The Morgan fingerprint density at radius 2 is 1.78 bits per heavy atom.